The van der Waals surface area contributed by atoms with Gasteiger partial charge in [-0.2, -0.15) is 0 Å². The summed E-state index contributed by atoms with van der Waals surface area (Å²) in [5.74, 6) is 0. The number of rotatable bonds is 3. The van der Waals surface area contributed by atoms with Crippen LogP contribution in [0.1, 0.15) is 0 Å². The quantitative estimate of drug-likeness (QED) is 0.579. The molecule has 1 aromatic heterocycles. The first kappa shape index (κ1) is 10.8. The molecule has 82 valence electrons. The van der Waals surface area contributed by atoms with Crippen molar-refractivity contribution in [1.29, 1.82) is 0 Å². The van der Waals surface area contributed by atoms with Crippen molar-refractivity contribution in [3.8, 4) is 5.69 Å². The van der Waals surface area contributed by atoms with Crippen LogP contribution >= 0.6 is 24.4 Å². The van der Waals surface area contributed by atoms with Gasteiger partial charge in [0.25, 0.3) is 0 Å². The van der Waals surface area contributed by atoms with Gasteiger partial charge in [0.2, 0.25) is 6.41 Å². The van der Waals surface area contributed by atoms with Gasteiger partial charge in [0, 0.05) is 5.69 Å². The molecule has 1 heterocycles. The van der Waals surface area contributed by atoms with Gasteiger partial charge in [-0.1, -0.05) is 0 Å². The standard InChI is InChI=1S/C9H8N4OS2/c14-5-10-6-1-3-7(4-2-6)13-8(15)11-12-9(13)16/h1-5H,(H,10,14)(H,11,15)(H,12,16). The summed E-state index contributed by atoms with van der Waals surface area (Å²) in [4.78, 5) is 10.2. The molecule has 0 aliphatic heterocycles. The fourth-order valence-electron chi connectivity index (χ4n) is 1.32. The van der Waals surface area contributed by atoms with Crippen molar-refractivity contribution < 1.29 is 4.79 Å². The summed E-state index contributed by atoms with van der Waals surface area (Å²) in [6.45, 7) is 0. The van der Waals surface area contributed by atoms with E-state index in [1.54, 1.807) is 16.7 Å². The second-order valence-electron chi connectivity index (χ2n) is 3.00. The first-order chi connectivity index (χ1) is 7.72. The Morgan fingerprint density at radius 3 is 2.19 bits per heavy atom. The second kappa shape index (κ2) is 4.42. The Morgan fingerprint density at radius 2 is 1.69 bits per heavy atom. The first-order valence-electron chi connectivity index (χ1n) is 4.42. The van der Waals surface area contributed by atoms with E-state index in [0.29, 0.717) is 16.0 Å². The van der Waals surface area contributed by atoms with Crippen LogP contribution in [-0.2, 0) is 4.79 Å². The predicted molar refractivity (Wildman–Crippen MR) is 65.8 cm³/mol. The summed E-state index contributed by atoms with van der Waals surface area (Å²) in [5.41, 5.74) is 1.56. The molecule has 3 N–H and O–H groups in total. The Kier molecular flexibility index (Phi) is 2.97. The van der Waals surface area contributed by atoms with E-state index in [1.165, 1.54) is 0 Å². The molecule has 16 heavy (non-hydrogen) atoms. The minimum Gasteiger partial charge on any atom is -0.329 e. The van der Waals surface area contributed by atoms with Gasteiger partial charge in [-0.15, -0.1) is 0 Å². The van der Waals surface area contributed by atoms with Crippen molar-refractivity contribution in [2.24, 2.45) is 0 Å². The summed E-state index contributed by atoms with van der Waals surface area (Å²) < 4.78 is 2.69. The molecule has 0 aliphatic carbocycles. The molecular weight excluding hydrogens is 244 g/mol. The lowest BCUT2D eigenvalue weighted by atomic mass is 10.3. The highest BCUT2D eigenvalue weighted by molar-refractivity contribution is 7.72. The zero-order valence-corrected chi connectivity index (χ0v) is 9.69. The molecule has 1 aromatic carbocycles. The van der Waals surface area contributed by atoms with E-state index in [1.807, 2.05) is 12.1 Å². The third-order valence-corrected chi connectivity index (χ3v) is 2.60. The SMILES string of the molecule is O=CNc1ccc(-n2c(=S)[nH][nH]c2=S)cc1. The smallest absolute Gasteiger partial charge is 0.211 e. The molecular formula is C9H8N4OS2. The highest BCUT2D eigenvalue weighted by Crippen LogP contribution is 2.13. The number of carbonyl (C=O) groups excluding carboxylic acids is 1. The fraction of sp³-hybridized carbons (Fsp3) is 0. The van der Waals surface area contributed by atoms with Crippen LogP contribution in [0.15, 0.2) is 24.3 Å². The maximum absolute atomic E-state index is 10.2. The number of anilines is 1. The number of amides is 1. The van der Waals surface area contributed by atoms with Crippen molar-refractivity contribution in [3.05, 3.63) is 33.8 Å². The van der Waals surface area contributed by atoms with Crippen LogP contribution in [0.5, 0.6) is 0 Å². The molecule has 5 nitrogen and oxygen atoms in total. The van der Waals surface area contributed by atoms with Gasteiger partial charge in [-0.05, 0) is 48.7 Å². The maximum atomic E-state index is 10.2. The average molecular weight is 252 g/mol. The zero-order chi connectivity index (χ0) is 11.5. The number of hydrogen-bond donors (Lipinski definition) is 3. The largest absolute Gasteiger partial charge is 0.329 e. The van der Waals surface area contributed by atoms with E-state index in [0.717, 1.165) is 11.4 Å². The van der Waals surface area contributed by atoms with Crippen LogP contribution in [0.25, 0.3) is 5.69 Å². The molecule has 0 radical (unpaired) electrons. The van der Waals surface area contributed by atoms with E-state index in [9.17, 15) is 4.79 Å². The summed E-state index contributed by atoms with van der Waals surface area (Å²) in [7, 11) is 0. The summed E-state index contributed by atoms with van der Waals surface area (Å²) in [5, 5.41) is 8.06. The van der Waals surface area contributed by atoms with Gasteiger partial charge < -0.3 is 5.32 Å². The Balaban J connectivity index is 2.46. The van der Waals surface area contributed by atoms with E-state index in [-0.39, 0.29) is 0 Å². The van der Waals surface area contributed by atoms with E-state index < -0.39 is 0 Å². The molecule has 0 saturated heterocycles. The molecule has 0 aliphatic rings. The van der Waals surface area contributed by atoms with Crippen LogP contribution in [0.2, 0.25) is 0 Å². The predicted octanol–water partition coefficient (Wildman–Crippen LogP) is 2.16. The number of aromatic amines is 2. The number of hydrogen-bond acceptors (Lipinski definition) is 3. The van der Waals surface area contributed by atoms with E-state index >= 15 is 0 Å². The minimum absolute atomic E-state index is 0.501. The molecule has 0 saturated carbocycles. The molecule has 0 unspecified atom stereocenters. The highest BCUT2D eigenvalue weighted by Gasteiger charge is 2.00. The van der Waals surface area contributed by atoms with Gasteiger partial charge in [0.1, 0.15) is 0 Å². The molecule has 0 atom stereocenters. The lowest BCUT2D eigenvalue weighted by Gasteiger charge is -2.03. The number of nitrogens with zero attached hydrogens (tertiary/aromatic N) is 1. The monoisotopic (exact) mass is 252 g/mol. The lowest BCUT2D eigenvalue weighted by molar-refractivity contribution is -0.105. The normalized spacial score (nSPS) is 10.0. The third kappa shape index (κ3) is 1.95. The molecule has 1 amide bonds. The molecule has 0 bridgehead atoms. The second-order valence-corrected chi connectivity index (χ2v) is 3.78. The molecule has 2 rings (SSSR count). The Labute approximate surface area is 101 Å². The number of aromatic nitrogens is 3. The van der Waals surface area contributed by atoms with Gasteiger partial charge in [0.15, 0.2) is 9.54 Å². The number of carbonyl (C=O) groups is 1. The molecule has 2 aromatic rings. The van der Waals surface area contributed by atoms with Crippen LogP contribution in [-0.4, -0.2) is 21.2 Å². The van der Waals surface area contributed by atoms with Crippen LogP contribution in [0, 0.1) is 9.54 Å². The molecule has 7 heteroatoms. The summed E-state index contributed by atoms with van der Waals surface area (Å²) in [6.07, 6.45) is 0.628. The van der Waals surface area contributed by atoms with Crippen LogP contribution in [0.4, 0.5) is 5.69 Å². The molecule has 0 fully saturated rings. The Bertz CT molecular complexity index is 580. The maximum Gasteiger partial charge on any atom is 0.211 e. The number of H-pyrrole nitrogens is 2. The van der Waals surface area contributed by atoms with Crippen molar-refractivity contribution >= 4 is 36.5 Å². The van der Waals surface area contributed by atoms with Gasteiger partial charge >= 0.3 is 0 Å². The van der Waals surface area contributed by atoms with Gasteiger partial charge in [-0.25, -0.2) is 0 Å². The average Bonchev–Trinajstić information content (AvgIpc) is 2.61. The van der Waals surface area contributed by atoms with E-state index in [2.05, 4.69) is 15.5 Å². The Morgan fingerprint density at radius 1 is 1.12 bits per heavy atom. The molecule has 0 spiro atoms. The van der Waals surface area contributed by atoms with Crippen LogP contribution < -0.4 is 5.32 Å². The van der Waals surface area contributed by atoms with Crippen LogP contribution in [0.3, 0.4) is 0 Å². The topological polar surface area (TPSA) is 65.6 Å². The number of nitrogens with one attached hydrogen (secondary N) is 3. The van der Waals surface area contributed by atoms with Crippen molar-refractivity contribution in [1.82, 2.24) is 14.8 Å². The van der Waals surface area contributed by atoms with Gasteiger partial charge in [0.05, 0.1) is 5.69 Å². The lowest BCUT2D eigenvalue weighted by Crippen LogP contribution is -1.96. The summed E-state index contributed by atoms with van der Waals surface area (Å²) in [6, 6.07) is 7.18. The Hall–Kier alpha value is -1.73. The van der Waals surface area contributed by atoms with Crippen molar-refractivity contribution in [3.63, 3.8) is 0 Å². The van der Waals surface area contributed by atoms with Crippen molar-refractivity contribution in [2.45, 2.75) is 0 Å². The van der Waals surface area contributed by atoms with E-state index in [4.69, 9.17) is 24.4 Å². The summed E-state index contributed by atoms with van der Waals surface area (Å²) >= 11 is 10.2. The number of benzene rings is 1. The zero-order valence-electron chi connectivity index (χ0n) is 8.06. The fourth-order valence-corrected chi connectivity index (χ4v) is 1.87. The third-order valence-electron chi connectivity index (χ3n) is 2.03. The first-order valence-corrected chi connectivity index (χ1v) is 5.24. The highest BCUT2D eigenvalue weighted by atomic mass is 32.1. The minimum atomic E-state index is 0.501. The van der Waals surface area contributed by atoms with Crippen molar-refractivity contribution in [2.75, 3.05) is 5.32 Å². The van der Waals surface area contributed by atoms with Gasteiger partial charge in [-0.3, -0.25) is 19.6 Å².